The van der Waals surface area contributed by atoms with Crippen LogP contribution in [0.25, 0.3) is 0 Å². The van der Waals surface area contributed by atoms with Crippen LogP contribution in [0.4, 0.5) is 4.39 Å². The second-order valence-electron chi connectivity index (χ2n) is 7.12. The van der Waals surface area contributed by atoms with Gasteiger partial charge in [0.05, 0.1) is 0 Å². The van der Waals surface area contributed by atoms with Gasteiger partial charge in [0.1, 0.15) is 12.5 Å². The van der Waals surface area contributed by atoms with Gasteiger partial charge in [0.15, 0.2) is 0 Å². The molecule has 0 aromatic carbocycles. The Hall–Kier alpha value is -0.480. The zero-order valence-electron chi connectivity index (χ0n) is 13.8. The Morgan fingerprint density at radius 1 is 1.38 bits per heavy atom. The third-order valence-corrected chi connectivity index (χ3v) is 5.80. The molecule has 2 unspecified atom stereocenters. The molecular formula is C17H31FN2O. The zero-order chi connectivity index (χ0) is 15.4. The molecule has 3 nitrogen and oxygen atoms in total. The largest absolute Gasteiger partial charge is 0.303 e. The van der Waals surface area contributed by atoms with Crippen LogP contribution in [0.5, 0.6) is 0 Å². The molecule has 1 aliphatic carbocycles. The lowest BCUT2D eigenvalue weighted by Crippen LogP contribution is -2.50. The van der Waals surface area contributed by atoms with Crippen molar-refractivity contribution in [1.82, 2.24) is 9.80 Å². The van der Waals surface area contributed by atoms with Crippen LogP contribution in [0.2, 0.25) is 0 Å². The molecule has 0 bridgehead atoms. The van der Waals surface area contributed by atoms with E-state index in [0.29, 0.717) is 43.4 Å². The molecule has 1 saturated carbocycles. The summed E-state index contributed by atoms with van der Waals surface area (Å²) in [6.07, 6.45) is 8.17. The molecule has 21 heavy (non-hydrogen) atoms. The van der Waals surface area contributed by atoms with Gasteiger partial charge in [-0.3, -0.25) is 0 Å². The van der Waals surface area contributed by atoms with Crippen molar-refractivity contribution < 1.29 is 9.18 Å². The van der Waals surface area contributed by atoms with Crippen LogP contribution in [-0.4, -0.2) is 60.5 Å². The minimum atomic E-state index is -0.595. The van der Waals surface area contributed by atoms with Gasteiger partial charge >= 0.3 is 0 Å². The van der Waals surface area contributed by atoms with E-state index in [0.717, 1.165) is 25.5 Å². The van der Waals surface area contributed by atoms with Crippen LogP contribution in [0.3, 0.4) is 0 Å². The van der Waals surface area contributed by atoms with Crippen LogP contribution in [-0.2, 0) is 4.79 Å². The third kappa shape index (κ3) is 4.26. The molecule has 0 radical (unpaired) electrons. The van der Waals surface area contributed by atoms with Crippen LogP contribution in [0.15, 0.2) is 0 Å². The Morgan fingerprint density at radius 3 is 2.62 bits per heavy atom. The Kier molecular flexibility index (Phi) is 6.18. The summed E-state index contributed by atoms with van der Waals surface area (Å²) in [6.45, 7) is 2.30. The number of alkyl halides is 1. The molecule has 1 aliphatic heterocycles. The molecule has 122 valence electrons. The molecule has 2 aliphatic rings. The highest BCUT2D eigenvalue weighted by atomic mass is 19.1. The summed E-state index contributed by atoms with van der Waals surface area (Å²) in [4.78, 5) is 15.5. The van der Waals surface area contributed by atoms with Gasteiger partial charge in [-0.2, -0.15) is 0 Å². The molecule has 0 aromatic rings. The molecule has 2 rings (SSSR count). The summed E-state index contributed by atoms with van der Waals surface area (Å²) < 4.78 is 13.1. The van der Waals surface area contributed by atoms with Gasteiger partial charge in [-0.05, 0) is 66.0 Å². The Bertz CT molecular complexity index is 333. The number of carbonyl (C=O) groups is 1. The quantitative estimate of drug-likeness (QED) is 0.508. The first-order chi connectivity index (χ1) is 10.0. The summed E-state index contributed by atoms with van der Waals surface area (Å²) in [7, 11) is 4.38. The lowest BCUT2D eigenvalue weighted by Gasteiger charge is -2.43. The average Bonchev–Trinajstić information content (AvgIpc) is 2.74. The number of nitrogens with zero attached hydrogens (tertiary/aromatic N) is 2. The minimum absolute atomic E-state index is 0.408. The molecule has 0 aromatic heterocycles. The predicted octanol–water partition coefficient (Wildman–Crippen LogP) is 3.03. The first-order valence-electron chi connectivity index (χ1n) is 8.54. The van der Waals surface area contributed by atoms with E-state index in [4.69, 9.17) is 0 Å². The first kappa shape index (κ1) is 16.9. The van der Waals surface area contributed by atoms with E-state index < -0.39 is 6.17 Å². The molecule has 0 spiro atoms. The van der Waals surface area contributed by atoms with Gasteiger partial charge in [0.2, 0.25) is 0 Å². The molecular weight excluding hydrogens is 267 g/mol. The van der Waals surface area contributed by atoms with Gasteiger partial charge in [-0.15, -0.1) is 0 Å². The second-order valence-corrected chi connectivity index (χ2v) is 7.12. The second kappa shape index (κ2) is 7.68. The van der Waals surface area contributed by atoms with E-state index in [-0.39, 0.29) is 0 Å². The van der Waals surface area contributed by atoms with Gasteiger partial charge in [-0.1, -0.05) is 0 Å². The predicted molar refractivity (Wildman–Crippen MR) is 84.2 cm³/mol. The van der Waals surface area contributed by atoms with E-state index in [1.165, 1.54) is 12.8 Å². The molecule has 0 N–H and O–H groups in total. The summed E-state index contributed by atoms with van der Waals surface area (Å²) in [5.74, 6) is 0. The van der Waals surface area contributed by atoms with Crippen LogP contribution < -0.4 is 0 Å². The molecule has 3 atom stereocenters. The van der Waals surface area contributed by atoms with E-state index >= 15 is 0 Å². The van der Waals surface area contributed by atoms with Gasteiger partial charge < -0.3 is 14.6 Å². The third-order valence-electron chi connectivity index (χ3n) is 5.80. The van der Waals surface area contributed by atoms with Crippen molar-refractivity contribution >= 4 is 6.29 Å². The maximum atomic E-state index is 13.1. The molecule has 1 saturated heterocycles. The highest BCUT2D eigenvalue weighted by Crippen LogP contribution is 2.33. The highest BCUT2D eigenvalue weighted by Gasteiger charge is 2.37. The SMILES string of the molecule is CC1CC[C@H](CC(CCCC=O)N(C)C2CC(F)C2)N1C. The fraction of sp³-hybridized carbons (Fsp3) is 0.941. The normalized spacial score (nSPS) is 34.9. The Labute approximate surface area is 128 Å². The van der Waals surface area contributed by atoms with Crippen LogP contribution in [0.1, 0.15) is 58.3 Å². The monoisotopic (exact) mass is 298 g/mol. The van der Waals surface area contributed by atoms with Crippen molar-refractivity contribution in [2.75, 3.05) is 14.1 Å². The minimum Gasteiger partial charge on any atom is -0.303 e. The summed E-state index contributed by atoms with van der Waals surface area (Å²) >= 11 is 0. The summed E-state index contributed by atoms with van der Waals surface area (Å²) in [6, 6.07) is 2.21. The van der Waals surface area contributed by atoms with Crippen molar-refractivity contribution in [3.8, 4) is 0 Å². The lowest BCUT2D eigenvalue weighted by molar-refractivity contribution is -0.108. The van der Waals surface area contributed by atoms with Crippen molar-refractivity contribution in [2.24, 2.45) is 0 Å². The average molecular weight is 298 g/mol. The molecule has 4 heteroatoms. The number of carbonyl (C=O) groups excluding carboxylic acids is 1. The molecule has 0 amide bonds. The standard InChI is InChI=1S/C17H31FN2O/c1-13-7-8-16(19(13)2)12-15(6-4-5-9-21)20(3)17-10-14(18)11-17/h9,13-17H,4-8,10-12H2,1-3H3/t13?,14?,15?,16-,17?/m1/s1. The number of rotatable bonds is 8. The van der Waals surface area contributed by atoms with E-state index in [2.05, 4.69) is 30.8 Å². The van der Waals surface area contributed by atoms with E-state index in [1.807, 2.05) is 0 Å². The lowest BCUT2D eigenvalue weighted by atomic mass is 9.87. The van der Waals surface area contributed by atoms with Gasteiger partial charge in [-0.25, -0.2) is 4.39 Å². The van der Waals surface area contributed by atoms with Gasteiger partial charge in [0.25, 0.3) is 0 Å². The Balaban J connectivity index is 1.89. The highest BCUT2D eigenvalue weighted by molar-refractivity contribution is 5.48. The first-order valence-corrected chi connectivity index (χ1v) is 8.54. The van der Waals surface area contributed by atoms with Crippen molar-refractivity contribution in [3.63, 3.8) is 0 Å². The number of likely N-dealkylation sites (tertiary alicyclic amines) is 1. The number of halogens is 1. The zero-order valence-corrected chi connectivity index (χ0v) is 13.8. The van der Waals surface area contributed by atoms with E-state index in [1.54, 1.807) is 0 Å². The Morgan fingerprint density at radius 2 is 2.10 bits per heavy atom. The maximum Gasteiger partial charge on any atom is 0.119 e. The van der Waals surface area contributed by atoms with E-state index in [9.17, 15) is 9.18 Å². The fourth-order valence-electron chi connectivity index (χ4n) is 3.88. The van der Waals surface area contributed by atoms with Crippen molar-refractivity contribution in [3.05, 3.63) is 0 Å². The smallest absolute Gasteiger partial charge is 0.119 e. The molecule has 1 heterocycles. The topological polar surface area (TPSA) is 23.6 Å². The number of hydrogen-bond donors (Lipinski definition) is 0. The summed E-state index contributed by atoms with van der Waals surface area (Å²) in [5, 5.41) is 0. The number of hydrogen-bond acceptors (Lipinski definition) is 3. The fourth-order valence-corrected chi connectivity index (χ4v) is 3.88. The number of aldehydes is 1. The molecule has 2 fully saturated rings. The van der Waals surface area contributed by atoms with Crippen molar-refractivity contribution in [1.29, 1.82) is 0 Å². The summed E-state index contributed by atoms with van der Waals surface area (Å²) in [5.41, 5.74) is 0. The maximum absolute atomic E-state index is 13.1. The number of unbranched alkanes of at least 4 members (excludes halogenated alkanes) is 1. The van der Waals surface area contributed by atoms with Gasteiger partial charge in [0, 0.05) is 30.6 Å². The van der Waals surface area contributed by atoms with Crippen LogP contribution in [0, 0.1) is 0 Å². The van der Waals surface area contributed by atoms with Crippen molar-refractivity contribution in [2.45, 2.75) is 88.6 Å². The van der Waals surface area contributed by atoms with Crippen LogP contribution >= 0.6 is 0 Å².